The van der Waals surface area contributed by atoms with Crippen molar-refractivity contribution in [2.75, 3.05) is 4.43 Å². The number of ether oxygens (including phenoxy) is 1. The molecule has 200 valence electrons. The zero-order valence-corrected chi connectivity index (χ0v) is 27.0. The average molecular weight is 677 g/mol. The number of aliphatic hydroxyl groups is 1. The molecule has 0 aromatic heterocycles. The molecule has 7 heteroatoms. The molecule has 0 radical (unpaired) electrons. The zero-order valence-electron chi connectivity index (χ0n) is 22.4. The number of fused-ring (bicyclic) bond motifs is 5. The van der Waals surface area contributed by atoms with E-state index in [1.165, 1.54) is 25.7 Å². The third-order valence-corrected chi connectivity index (χ3v) is 24.8. The minimum atomic E-state index is -1.98. The Bertz CT molecular complexity index is 718. The van der Waals surface area contributed by atoms with Gasteiger partial charge in [0.05, 0.1) is 0 Å². The van der Waals surface area contributed by atoms with Crippen LogP contribution in [-0.4, -0.2) is 44.8 Å². The Balaban J connectivity index is 0.000000406. The van der Waals surface area contributed by atoms with Crippen LogP contribution in [0, 0.1) is 17.3 Å². The second kappa shape index (κ2) is 11.5. The number of hydrogen-bond donors (Lipinski definition) is 1. The van der Waals surface area contributed by atoms with Gasteiger partial charge in [0.2, 0.25) is 0 Å². The molecule has 0 amide bonds. The summed E-state index contributed by atoms with van der Waals surface area (Å²) in [6.45, 7) is 14.8. The Kier molecular flexibility index (Phi) is 10.0. The number of unbranched alkanes of at least 4 members (excludes halogenated alkanes) is 1. The van der Waals surface area contributed by atoms with Crippen molar-refractivity contribution in [2.24, 2.45) is 17.3 Å². The number of halogens is 3. The summed E-state index contributed by atoms with van der Waals surface area (Å²) in [6.07, 6.45) is 9.38. The van der Waals surface area contributed by atoms with Crippen molar-refractivity contribution in [3.05, 3.63) is 0 Å². The van der Waals surface area contributed by atoms with E-state index >= 15 is 4.39 Å². The molecule has 3 nitrogen and oxygen atoms in total. The van der Waals surface area contributed by atoms with Crippen LogP contribution in [0.5, 0.6) is 0 Å². The van der Waals surface area contributed by atoms with E-state index in [4.69, 9.17) is 4.74 Å². The van der Waals surface area contributed by atoms with Crippen LogP contribution in [-0.2, 0) is 9.53 Å². The van der Waals surface area contributed by atoms with Gasteiger partial charge in [-0.1, -0.05) is 40.0 Å². The van der Waals surface area contributed by atoms with Crippen molar-refractivity contribution in [3.63, 3.8) is 0 Å². The van der Waals surface area contributed by atoms with E-state index in [1.54, 1.807) is 13.8 Å². The van der Waals surface area contributed by atoms with Gasteiger partial charge in [0.25, 0.3) is 0 Å². The Morgan fingerprint density at radius 2 is 2.00 bits per heavy atom. The number of carbonyl (C=O) groups is 1. The molecule has 34 heavy (non-hydrogen) atoms. The third-order valence-electron chi connectivity index (χ3n) is 8.58. The molecule has 7 unspecified atom stereocenters. The number of carbonyl (C=O) groups excluding carboxylic acids is 1. The van der Waals surface area contributed by atoms with Crippen molar-refractivity contribution in [2.45, 2.75) is 136 Å². The van der Waals surface area contributed by atoms with Gasteiger partial charge in [0.15, 0.2) is 0 Å². The van der Waals surface area contributed by atoms with Gasteiger partial charge < -0.3 is 0 Å². The van der Waals surface area contributed by atoms with E-state index in [9.17, 15) is 9.90 Å². The van der Waals surface area contributed by atoms with Crippen molar-refractivity contribution >= 4 is 49.5 Å². The van der Waals surface area contributed by atoms with Crippen LogP contribution >= 0.6 is 43.7 Å². The first-order valence-corrected chi connectivity index (χ1v) is 19.7. The summed E-state index contributed by atoms with van der Waals surface area (Å²) in [5.41, 5.74) is 0.614. The fourth-order valence-electron chi connectivity index (χ4n) is 6.43. The SMILES string of the molecule is CC1CCC2P3C(OC(C)(C)O)CC4CC(=O)C(Br)CI4[C@@]3(F)CCC12C.CCCCC(C)C. The number of rotatable bonds is 5. The van der Waals surface area contributed by atoms with Gasteiger partial charge in [-0.15, -0.1) is 0 Å². The molecule has 0 aromatic carbocycles. The van der Waals surface area contributed by atoms with E-state index in [0.717, 1.165) is 29.6 Å². The van der Waals surface area contributed by atoms with Crippen molar-refractivity contribution in [1.29, 1.82) is 0 Å². The average Bonchev–Trinajstić information content (AvgIpc) is 3.02. The molecular formula is C27H48BrFIO3P. The van der Waals surface area contributed by atoms with E-state index in [0.29, 0.717) is 24.4 Å². The number of Topliss-reactive ketones (excluding diaryl/α,β-unsaturated/α-hetero) is 1. The van der Waals surface area contributed by atoms with E-state index in [2.05, 4.69) is 50.5 Å². The molecule has 3 saturated heterocycles. The van der Waals surface area contributed by atoms with Crippen LogP contribution in [0.2, 0.25) is 0 Å². The Labute approximate surface area is 224 Å². The molecule has 3 aliphatic heterocycles. The summed E-state index contributed by atoms with van der Waals surface area (Å²) in [4.78, 5) is 12.2. The minimum absolute atomic E-state index is 0.133. The quantitative estimate of drug-likeness (QED) is 0.137. The maximum absolute atomic E-state index is 17.0. The summed E-state index contributed by atoms with van der Waals surface area (Å²) in [5.74, 6) is 0.313. The first-order chi connectivity index (χ1) is 15.7. The normalized spacial score (nSPS) is 43.0. The van der Waals surface area contributed by atoms with Gasteiger partial charge in [-0.05, 0) is 5.92 Å². The first kappa shape index (κ1) is 29.7. The van der Waals surface area contributed by atoms with Gasteiger partial charge in [-0.25, -0.2) is 0 Å². The molecule has 0 aromatic rings. The summed E-state index contributed by atoms with van der Waals surface area (Å²) in [6, 6.07) is 0. The standard InChI is InChI=1S/C20H32BrFIO3P.C7H16/c1-12-5-6-16-19(12,4)7-8-20(22)23-11-14(21)15(24)9-13(23)10-17(27(16)20)26-18(2,3)25;1-4-5-6-7(2)3/h12-14,16-17,25H,5-11H2,1-4H3;7H,4-6H2,1-3H3/t12?,13?,14?,16?,17?,19?,20-,27?;/m0./s1. The predicted molar refractivity (Wildman–Crippen MR) is 155 cm³/mol. The summed E-state index contributed by atoms with van der Waals surface area (Å²) in [7, 11) is -0.960. The number of hydrogen-bond acceptors (Lipinski definition) is 3. The second-order valence-corrected chi connectivity index (χ2v) is 23.5. The topological polar surface area (TPSA) is 46.5 Å². The molecular weight excluding hydrogens is 629 g/mol. The van der Waals surface area contributed by atoms with Crippen LogP contribution in [0.1, 0.15) is 106 Å². The molecule has 4 fully saturated rings. The van der Waals surface area contributed by atoms with Crippen molar-refractivity contribution in [3.8, 4) is 0 Å². The fourth-order valence-corrected chi connectivity index (χ4v) is 25.5. The summed E-state index contributed by atoms with van der Waals surface area (Å²) >= 11 is 1.58. The minimum Gasteiger partial charge on any atom is -0.0654 e. The van der Waals surface area contributed by atoms with Crippen LogP contribution in [0.4, 0.5) is 4.39 Å². The Morgan fingerprint density at radius 1 is 1.32 bits per heavy atom. The van der Waals surface area contributed by atoms with Gasteiger partial charge >= 0.3 is 180 Å². The zero-order chi connectivity index (χ0) is 25.5. The third kappa shape index (κ3) is 6.24. The van der Waals surface area contributed by atoms with Crippen LogP contribution in [0.3, 0.4) is 0 Å². The second-order valence-electron chi connectivity index (χ2n) is 12.2. The van der Waals surface area contributed by atoms with Crippen LogP contribution < -0.4 is 0 Å². The van der Waals surface area contributed by atoms with Crippen LogP contribution in [0.25, 0.3) is 0 Å². The smallest absolute Gasteiger partial charge is 0.0471 e. The molecule has 4 aliphatic rings. The molecule has 8 atom stereocenters. The number of ketones is 1. The van der Waals surface area contributed by atoms with Crippen molar-refractivity contribution in [1.82, 2.24) is 0 Å². The molecule has 0 bridgehead atoms. The van der Waals surface area contributed by atoms with E-state index in [-0.39, 0.29) is 25.8 Å². The molecule has 3 heterocycles. The van der Waals surface area contributed by atoms with E-state index < -0.39 is 36.9 Å². The van der Waals surface area contributed by atoms with Gasteiger partial charge in [-0.3, -0.25) is 0 Å². The van der Waals surface area contributed by atoms with Gasteiger partial charge in [0, 0.05) is 0 Å². The molecule has 4 rings (SSSR count). The predicted octanol–water partition coefficient (Wildman–Crippen LogP) is 8.61. The monoisotopic (exact) mass is 676 g/mol. The maximum Gasteiger partial charge on any atom is -0.0471 e. The first-order valence-electron chi connectivity index (χ1n) is 13.4. The molecule has 0 spiro atoms. The molecule has 1 N–H and O–H groups in total. The van der Waals surface area contributed by atoms with E-state index in [1.807, 2.05) is 0 Å². The maximum atomic E-state index is 17.0. The number of alkyl halides is 5. The Hall–Kier alpha value is 1.16. The summed E-state index contributed by atoms with van der Waals surface area (Å²) < 4.78 is 23.1. The Morgan fingerprint density at radius 3 is 2.56 bits per heavy atom. The summed E-state index contributed by atoms with van der Waals surface area (Å²) in [5, 5.41) is 10.4. The molecule has 1 aliphatic carbocycles. The fraction of sp³-hybridized carbons (Fsp3) is 0.963. The molecule has 1 saturated carbocycles. The van der Waals surface area contributed by atoms with Gasteiger partial charge in [0.1, 0.15) is 0 Å². The van der Waals surface area contributed by atoms with Crippen molar-refractivity contribution < 1.29 is 19.0 Å². The van der Waals surface area contributed by atoms with Gasteiger partial charge in [-0.2, -0.15) is 0 Å². The largest absolute Gasteiger partial charge is 0.0654 e. The van der Waals surface area contributed by atoms with Crippen LogP contribution in [0.15, 0.2) is 0 Å².